The lowest BCUT2D eigenvalue weighted by molar-refractivity contribution is 0.412. The quantitative estimate of drug-likeness (QED) is 0.488. The first-order chi connectivity index (χ1) is 9.60. The molecule has 1 N–H and O–H groups in total. The van der Waals surface area contributed by atoms with Gasteiger partial charge in [-0.3, -0.25) is 4.79 Å². The molecule has 0 spiro atoms. The molecule has 0 saturated carbocycles. The average Bonchev–Trinajstić information content (AvgIpc) is 2.46. The van der Waals surface area contributed by atoms with Crippen molar-refractivity contribution in [3.63, 3.8) is 0 Å². The first-order valence-electron chi connectivity index (χ1n) is 5.53. The first-order valence-corrected chi connectivity index (χ1v) is 7.83. The second-order valence-electron chi connectivity index (χ2n) is 3.76. The van der Waals surface area contributed by atoms with Crippen molar-refractivity contribution in [3.05, 3.63) is 37.7 Å². The Balaban J connectivity index is 2.71. The van der Waals surface area contributed by atoms with Gasteiger partial charge in [-0.05, 0) is 41.0 Å². The van der Waals surface area contributed by atoms with Crippen LogP contribution in [0, 0.1) is 14.9 Å². The maximum Gasteiger partial charge on any atom is 0.270 e. The number of benzene rings is 1. The third-order valence-electron chi connectivity index (χ3n) is 2.63. The van der Waals surface area contributed by atoms with Gasteiger partial charge in [-0.1, -0.05) is 17.8 Å². The van der Waals surface area contributed by atoms with E-state index in [1.807, 2.05) is 24.5 Å². The molecule has 0 radical (unpaired) electrons. The van der Waals surface area contributed by atoms with Crippen molar-refractivity contribution in [3.8, 4) is 23.1 Å². The number of halogens is 1. The number of rotatable bonds is 3. The monoisotopic (exact) mass is 399 g/mol. The van der Waals surface area contributed by atoms with E-state index in [1.54, 1.807) is 13.2 Å². The lowest BCUT2D eigenvalue weighted by Crippen LogP contribution is -2.14. The van der Waals surface area contributed by atoms with Crippen LogP contribution < -0.4 is 10.3 Å². The highest BCUT2D eigenvalue weighted by Crippen LogP contribution is 2.28. The molecule has 0 fully saturated rings. The summed E-state index contributed by atoms with van der Waals surface area (Å²) in [7, 11) is 1.57. The smallest absolute Gasteiger partial charge is 0.270 e. The van der Waals surface area contributed by atoms with Crippen LogP contribution in [0.25, 0.3) is 11.3 Å². The van der Waals surface area contributed by atoms with Crippen LogP contribution in [0.4, 0.5) is 0 Å². The summed E-state index contributed by atoms with van der Waals surface area (Å²) in [5.74, 6) is 0.680. The number of hydrogen-bond acceptors (Lipinski definition) is 5. The van der Waals surface area contributed by atoms with Gasteiger partial charge in [-0.25, -0.2) is 4.98 Å². The molecule has 1 aromatic carbocycles. The molecule has 0 unspecified atom stereocenters. The van der Waals surface area contributed by atoms with E-state index in [4.69, 9.17) is 10.00 Å². The Kier molecular flexibility index (Phi) is 4.67. The minimum atomic E-state index is -0.431. The summed E-state index contributed by atoms with van der Waals surface area (Å²) in [6.07, 6.45) is 1.81. The van der Waals surface area contributed by atoms with Crippen molar-refractivity contribution < 1.29 is 4.74 Å². The first kappa shape index (κ1) is 14.9. The van der Waals surface area contributed by atoms with E-state index < -0.39 is 5.56 Å². The fraction of sp³-hybridized carbons (Fsp3) is 0.154. The molecule has 0 aliphatic heterocycles. The minimum absolute atomic E-state index is 0.00561. The van der Waals surface area contributed by atoms with E-state index in [1.165, 1.54) is 11.8 Å². The van der Waals surface area contributed by atoms with Crippen LogP contribution in [0.5, 0.6) is 5.75 Å². The number of ether oxygens (including phenoxy) is 1. The van der Waals surface area contributed by atoms with Crippen LogP contribution in [-0.2, 0) is 0 Å². The summed E-state index contributed by atoms with van der Waals surface area (Å²) in [5, 5.41) is 9.63. The number of aromatic amines is 1. The molecule has 5 nitrogen and oxygen atoms in total. The zero-order valence-electron chi connectivity index (χ0n) is 10.7. The number of H-pyrrole nitrogens is 1. The van der Waals surface area contributed by atoms with E-state index >= 15 is 0 Å². The SMILES string of the molecule is COc1cc(-c2nc(SC)[nH]c(=O)c2C#N)ccc1I. The lowest BCUT2D eigenvalue weighted by atomic mass is 10.1. The van der Waals surface area contributed by atoms with E-state index in [0.29, 0.717) is 22.2 Å². The van der Waals surface area contributed by atoms with Crippen molar-refractivity contribution >= 4 is 34.4 Å². The highest BCUT2D eigenvalue weighted by Gasteiger charge is 2.14. The van der Waals surface area contributed by atoms with Crippen LogP contribution in [0.3, 0.4) is 0 Å². The molecule has 0 atom stereocenters. The van der Waals surface area contributed by atoms with E-state index in [0.717, 1.165) is 3.57 Å². The number of nitrogens with one attached hydrogen (secondary N) is 1. The Labute approximate surface area is 133 Å². The molecule has 20 heavy (non-hydrogen) atoms. The van der Waals surface area contributed by atoms with E-state index in [-0.39, 0.29) is 5.56 Å². The molecule has 2 rings (SSSR count). The van der Waals surface area contributed by atoms with Crippen LogP contribution in [0.15, 0.2) is 28.2 Å². The molecule has 0 aliphatic carbocycles. The number of nitrogens with zero attached hydrogens (tertiary/aromatic N) is 2. The largest absolute Gasteiger partial charge is 0.496 e. The molecule has 7 heteroatoms. The topological polar surface area (TPSA) is 78.8 Å². The number of methoxy groups -OCH3 is 1. The van der Waals surface area contributed by atoms with Gasteiger partial charge in [0.15, 0.2) is 5.16 Å². The maximum atomic E-state index is 11.9. The van der Waals surface area contributed by atoms with Crippen LogP contribution in [0.2, 0.25) is 0 Å². The van der Waals surface area contributed by atoms with Gasteiger partial charge in [0.2, 0.25) is 0 Å². The third kappa shape index (κ3) is 2.81. The standard InChI is InChI=1S/C13H10IN3O2S/c1-19-10-5-7(3-4-9(10)14)11-8(6-15)12(18)17-13(16-11)20-2/h3-5H,1-2H3,(H,16,17,18). The predicted molar refractivity (Wildman–Crippen MR) is 86.1 cm³/mol. The lowest BCUT2D eigenvalue weighted by Gasteiger charge is -2.08. The average molecular weight is 399 g/mol. The molecule has 2 aromatic rings. The number of nitriles is 1. The van der Waals surface area contributed by atoms with Crippen molar-refractivity contribution in [2.24, 2.45) is 0 Å². The normalized spacial score (nSPS) is 10.1. The summed E-state index contributed by atoms with van der Waals surface area (Å²) >= 11 is 3.47. The Bertz CT molecular complexity index is 752. The minimum Gasteiger partial charge on any atom is -0.496 e. The highest BCUT2D eigenvalue weighted by atomic mass is 127. The van der Waals surface area contributed by atoms with E-state index in [9.17, 15) is 4.79 Å². The summed E-state index contributed by atoms with van der Waals surface area (Å²) in [6, 6.07) is 7.35. The molecule has 0 amide bonds. The second-order valence-corrected chi connectivity index (χ2v) is 5.72. The molecule has 1 aromatic heterocycles. The summed E-state index contributed by atoms with van der Waals surface area (Å²) in [6.45, 7) is 0. The van der Waals surface area contributed by atoms with Gasteiger partial charge in [0.25, 0.3) is 5.56 Å². The second kappa shape index (κ2) is 6.28. The Morgan fingerprint density at radius 3 is 2.85 bits per heavy atom. The number of hydrogen-bond donors (Lipinski definition) is 1. The Hall–Kier alpha value is -1.53. The van der Waals surface area contributed by atoms with E-state index in [2.05, 4.69) is 32.6 Å². The van der Waals surface area contributed by atoms with Gasteiger partial charge in [0, 0.05) is 5.56 Å². The van der Waals surface area contributed by atoms with Crippen molar-refractivity contribution in [1.82, 2.24) is 9.97 Å². The van der Waals surface area contributed by atoms with Crippen LogP contribution in [0.1, 0.15) is 5.56 Å². The van der Waals surface area contributed by atoms with Gasteiger partial charge in [-0.15, -0.1) is 0 Å². The molecule has 0 bridgehead atoms. The molecule has 0 saturated heterocycles. The molecular formula is C13H10IN3O2S. The van der Waals surface area contributed by atoms with Crippen LogP contribution >= 0.6 is 34.4 Å². The molecule has 0 aliphatic rings. The maximum absolute atomic E-state index is 11.9. The summed E-state index contributed by atoms with van der Waals surface area (Å²) < 4.78 is 6.20. The fourth-order valence-electron chi connectivity index (χ4n) is 1.67. The zero-order chi connectivity index (χ0) is 14.7. The molecule has 102 valence electrons. The highest BCUT2D eigenvalue weighted by molar-refractivity contribution is 14.1. The number of aromatic nitrogens is 2. The number of thioether (sulfide) groups is 1. The van der Waals surface area contributed by atoms with Crippen LogP contribution in [-0.4, -0.2) is 23.3 Å². The fourth-order valence-corrected chi connectivity index (χ4v) is 2.60. The molecular weight excluding hydrogens is 389 g/mol. The molecule has 1 heterocycles. The summed E-state index contributed by atoms with van der Waals surface area (Å²) in [4.78, 5) is 18.8. The van der Waals surface area contributed by atoms with Crippen molar-refractivity contribution in [2.75, 3.05) is 13.4 Å². The van der Waals surface area contributed by atoms with Gasteiger partial charge in [-0.2, -0.15) is 5.26 Å². The van der Waals surface area contributed by atoms with Gasteiger partial charge >= 0.3 is 0 Å². The van der Waals surface area contributed by atoms with Gasteiger partial charge < -0.3 is 9.72 Å². The van der Waals surface area contributed by atoms with Gasteiger partial charge in [0.1, 0.15) is 17.4 Å². The predicted octanol–water partition coefficient (Wildman–Crippen LogP) is 2.64. The van der Waals surface area contributed by atoms with Crippen molar-refractivity contribution in [2.45, 2.75) is 5.16 Å². The van der Waals surface area contributed by atoms with Gasteiger partial charge in [0.05, 0.1) is 16.4 Å². The summed E-state index contributed by atoms with van der Waals surface area (Å²) in [5.41, 5.74) is 0.626. The zero-order valence-corrected chi connectivity index (χ0v) is 13.7. The van der Waals surface area contributed by atoms with Crippen molar-refractivity contribution in [1.29, 1.82) is 5.26 Å². The Morgan fingerprint density at radius 1 is 1.50 bits per heavy atom. The third-order valence-corrected chi connectivity index (χ3v) is 4.10. The Morgan fingerprint density at radius 2 is 2.25 bits per heavy atom.